The summed E-state index contributed by atoms with van der Waals surface area (Å²) in [4.78, 5) is 12.7. The van der Waals surface area contributed by atoms with E-state index in [1.165, 1.54) is 24.4 Å². The molecule has 3 aromatic rings. The number of carbonyl (C=O) groups excluding carboxylic acids is 1. The number of hydrogen-bond acceptors (Lipinski definition) is 4. The van der Waals surface area contributed by atoms with E-state index in [0.29, 0.717) is 26.9 Å². The molecule has 0 saturated carbocycles. The summed E-state index contributed by atoms with van der Waals surface area (Å²) in [5.41, 5.74) is 4.85. The Morgan fingerprint density at radius 2 is 1.72 bits per heavy atom. The summed E-state index contributed by atoms with van der Waals surface area (Å²) in [6.45, 7) is 3.12. The molecule has 1 amide bonds. The summed E-state index contributed by atoms with van der Waals surface area (Å²) in [7, 11) is -4.05. The second-order valence-corrected chi connectivity index (χ2v) is 9.78. The molecule has 0 atom stereocenters. The quantitative estimate of drug-likeness (QED) is 0.376. The SMILES string of the molecule is Cc1ccc(S(=O)(=O)N(CC(=O)N/N=C\c2ccccc2Cl)c2cc(Cl)ccc2C)cc1. The smallest absolute Gasteiger partial charge is 0.264 e. The number of benzene rings is 3. The minimum absolute atomic E-state index is 0.0647. The van der Waals surface area contributed by atoms with E-state index in [1.54, 1.807) is 55.5 Å². The lowest BCUT2D eigenvalue weighted by Gasteiger charge is -2.25. The van der Waals surface area contributed by atoms with Crippen molar-refractivity contribution in [1.29, 1.82) is 0 Å². The normalized spacial score (nSPS) is 11.5. The number of sulfonamides is 1. The maximum Gasteiger partial charge on any atom is 0.264 e. The summed E-state index contributed by atoms with van der Waals surface area (Å²) in [6.07, 6.45) is 1.39. The summed E-state index contributed by atoms with van der Waals surface area (Å²) >= 11 is 12.2. The van der Waals surface area contributed by atoms with Crippen molar-refractivity contribution in [2.45, 2.75) is 18.7 Å². The van der Waals surface area contributed by atoms with Crippen molar-refractivity contribution in [2.24, 2.45) is 5.10 Å². The van der Waals surface area contributed by atoms with Gasteiger partial charge in [0, 0.05) is 15.6 Å². The topological polar surface area (TPSA) is 78.8 Å². The van der Waals surface area contributed by atoms with E-state index >= 15 is 0 Å². The molecule has 1 N–H and O–H groups in total. The average molecular weight is 490 g/mol. The van der Waals surface area contributed by atoms with Gasteiger partial charge in [0.2, 0.25) is 0 Å². The highest BCUT2D eigenvalue weighted by Gasteiger charge is 2.28. The fourth-order valence-electron chi connectivity index (χ4n) is 2.91. The van der Waals surface area contributed by atoms with Gasteiger partial charge in [-0.25, -0.2) is 13.8 Å². The molecule has 166 valence electrons. The predicted octanol–water partition coefficient (Wildman–Crippen LogP) is 4.96. The molecule has 0 aromatic heterocycles. The predicted molar refractivity (Wildman–Crippen MR) is 129 cm³/mol. The summed E-state index contributed by atoms with van der Waals surface area (Å²) in [5.74, 6) is -0.622. The fraction of sp³-hybridized carbons (Fsp3) is 0.130. The van der Waals surface area contributed by atoms with E-state index in [1.807, 2.05) is 6.92 Å². The van der Waals surface area contributed by atoms with Crippen molar-refractivity contribution < 1.29 is 13.2 Å². The zero-order valence-corrected chi connectivity index (χ0v) is 19.7. The van der Waals surface area contributed by atoms with Crippen LogP contribution in [0.15, 0.2) is 76.7 Å². The molecule has 0 spiro atoms. The third-order valence-corrected chi connectivity index (χ3v) is 6.99. The van der Waals surface area contributed by atoms with Gasteiger partial charge in [-0.1, -0.05) is 65.2 Å². The number of nitrogens with zero attached hydrogens (tertiary/aromatic N) is 2. The van der Waals surface area contributed by atoms with E-state index in [4.69, 9.17) is 23.2 Å². The molecule has 32 heavy (non-hydrogen) atoms. The van der Waals surface area contributed by atoms with Crippen LogP contribution in [0.4, 0.5) is 5.69 Å². The zero-order valence-electron chi connectivity index (χ0n) is 17.4. The Labute approximate surface area is 197 Å². The van der Waals surface area contributed by atoms with Crippen molar-refractivity contribution in [3.63, 3.8) is 0 Å². The average Bonchev–Trinajstić information content (AvgIpc) is 2.75. The molecule has 0 radical (unpaired) electrons. The van der Waals surface area contributed by atoms with Crippen LogP contribution in [0.3, 0.4) is 0 Å². The van der Waals surface area contributed by atoms with Crippen LogP contribution in [0, 0.1) is 13.8 Å². The number of halogens is 2. The molecule has 0 saturated heterocycles. The van der Waals surface area contributed by atoms with Crippen LogP contribution in [-0.2, 0) is 14.8 Å². The number of aryl methyl sites for hydroxylation is 2. The van der Waals surface area contributed by atoms with E-state index < -0.39 is 22.5 Å². The maximum atomic E-state index is 13.4. The Morgan fingerprint density at radius 3 is 2.41 bits per heavy atom. The van der Waals surface area contributed by atoms with Crippen LogP contribution in [0.5, 0.6) is 0 Å². The molecule has 6 nitrogen and oxygen atoms in total. The number of anilines is 1. The van der Waals surface area contributed by atoms with E-state index in [-0.39, 0.29) is 4.90 Å². The monoisotopic (exact) mass is 489 g/mol. The molecular formula is C23H21Cl2N3O3S. The van der Waals surface area contributed by atoms with Crippen LogP contribution in [0.25, 0.3) is 0 Å². The number of hydrogen-bond donors (Lipinski definition) is 1. The van der Waals surface area contributed by atoms with Gasteiger partial charge in [0.25, 0.3) is 15.9 Å². The molecule has 0 fully saturated rings. The molecule has 0 unspecified atom stereocenters. The highest BCUT2D eigenvalue weighted by molar-refractivity contribution is 7.92. The first-order chi connectivity index (χ1) is 15.2. The third-order valence-electron chi connectivity index (χ3n) is 4.63. The lowest BCUT2D eigenvalue weighted by molar-refractivity contribution is -0.119. The molecular weight excluding hydrogens is 469 g/mol. The second-order valence-electron chi connectivity index (χ2n) is 7.07. The number of nitrogens with one attached hydrogen (secondary N) is 1. The van der Waals surface area contributed by atoms with E-state index in [2.05, 4.69) is 10.5 Å². The molecule has 9 heteroatoms. The van der Waals surface area contributed by atoms with Gasteiger partial charge in [-0.3, -0.25) is 9.10 Å². The van der Waals surface area contributed by atoms with Crippen LogP contribution < -0.4 is 9.73 Å². The molecule has 3 aromatic carbocycles. The zero-order chi connectivity index (χ0) is 23.3. The lowest BCUT2D eigenvalue weighted by atomic mass is 10.2. The van der Waals surface area contributed by atoms with Gasteiger partial charge in [0.1, 0.15) is 6.54 Å². The molecule has 0 aliphatic carbocycles. The van der Waals surface area contributed by atoms with E-state index in [9.17, 15) is 13.2 Å². The first-order valence-corrected chi connectivity index (χ1v) is 11.8. The number of amides is 1. The van der Waals surface area contributed by atoms with Crippen LogP contribution >= 0.6 is 23.2 Å². The summed E-state index contributed by atoms with van der Waals surface area (Å²) in [5, 5.41) is 4.73. The Bertz CT molecular complexity index is 1260. The van der Waals surface area contributed by atoms with Gasteiger partial charge >= 0.3 is 0 Å². The van der Waals surface area contributed by atoms with Gasteiger partial charge in [0.15, 0.2) is 0 Å². The van der Waals surface area contributed by atoms with Crippen LogP contribution in [-0.4, -0.2) is 27.1 Å². The summed E-state index contributed by atoms with van der Waals surface area (Å²) < 4.78 is 27.9. The highest BCUT2D eigenvalue weighted by atomic mass is 35.5. The largest absolute Gasteiger partial charge is 0.271 e. The number of carbonyl (C=O) groups is 1. The van der Waals surface area contributed by atoms with E-state index in [0.717, 1.165) is 9.87 Å². The van der Waals surface area contributed by atoms with Crippen LogP contribution in [0.1, 0.15) is 16.7 Å². The maximum absolute atomic E-state index is 13.4. The molecule has 0 aliphatic rings. The van der Waals surface area contributed by atoms with Crippen molar-refractivity contribution in [3.8, 4) is 0 Å². The van der Waals surface area contributed by atoms with Gasteiger partial charge in [-0.05, 0) is 49.7 Å². The second kappa shape index (κ2) is 10.2. The summed E-state index contributed by atoms with van der Waals surface area (Å²) in [6, 6.07) is 18.3. The van der Waals surface area contributed by atoms with Crippen molar-refractivity contribution in [2.75, 3.05) is 10.8 Å². The molecule has 0 bridgehead atoms. The highest BCUT2D eigenvalue weighted by Crippen LogP contribution is 2.29. The minimum Gasteiger partial charge on any atom is -0.271 e. The minimum atomic E-state index is -4.05. The first-order valence-electron chi connectivity index (χ1n) is 9.60. The Balaban J connectivity index is 1.91. The van der Waals surface area contributed by atoms with Crippen molar-refractivity contribution in [3.05, 3.63) is 93.5 Å². The molecule has 0 aliphatic heterocycles. The van der Waals surface area contributed by atoms with Crippen molar-refractivity contribution in [1.82, 2.24) is 5.43 Å². The number of hydrazone groups is 1. The standard InChI is InChI=1S/C23H21Cl2N3O3S/c1-16-7-11-20(12-8-16)32(30,31)28(22-13-19(24)10-9-17(22)2)15-23(29)27-26-14-18-5-3-4-6-21(18)25/h3-14H,15H2,1-2H3,(H,27,29)/b26-14-. The third kappa shape index (κ3) is 5.68. The molecule has 0 heterocycles. The first kappa shape index (κ1) is 23.8. The lowest BCUT2D eigenvalue weighted by Crippen LogP contribution is -2.40. The van der Waals surface area contributed by atoms with Gasteiger partial charge in [-0.15, -0.1) is 0 Å². The Morgan fingerprint density at radius 1 is 1.03 bits per heavy atom. The Kier molecular flexibility index (Phi) is 7.56. The van der Waals surface area contributed by atoms with Crippen molar-refractivity contribution >= 4 is 51.0 Å². The molecule has 3 rings (SSSR count). The van der Waals surface area contributed by atoms with Gasteiger partial charge < -0.3 is 0 Å². The Hall–Kier alpha value is -2.87. The fourth-order valence-corrected chi connectivity index (χ4v) is 4.74. The van der Waals surface area contributed by atoms with Crippen LogP contribution in [0.2, 0.25) is 10.0 Å². The van der Waals surface area contributed by atoms with Gasteiger partial charge in [0.05, 0.1) is 16.8 Å². The number of rotatable bonds is 7. The van der Waals surface area contributed by atoms with Gasteiger partial charge in [-0.2, -0.15) is 5.10 Å².